The summed E-state index contributed by atoms with van der Waals surface area (Å²) in [7, 11) is 0. The quantitative estimate of drug-likeness (QED) is 0.0690. The summed E-state index contributed by atoms with van der Waals surface area (Å²) >= 11 is 0. The molecule has 1 aromatic heterocycles. The molecule has 0 aliphatic carbocycles. The predicted octanol–water partition coefficient (Wildman–Crippen LogP) is 3.98. The molecule has 9 atom stereocenters. The number of aromatic hydroxyl groups is 11. The number of nitrogens with one attached hydrogen (secondary N) is 9. The van der Waals surface area contributed by atoms with E-state index in [0.29, 0.717) is 16.5 Å². The van der Waals surface area contributed by atoms with E-state index in [-0.39, 0.29) is 61.7 Å². The van der Waals surface area contributed by atoms with E-state index in [1.807, 2.05) is 0 Å². The first-order chi connectivity index (χ1) is 49.8. The van der Waals surface area contributed by atoms with E-state index in [2.05, 4.69) is 47.5 Å². The van der Waals surface area contributed by atoms with Crippen LogP contribution in [0.2, 0.25) is 0 Å². The van der Waals surface area contributed by atoms with Crippen LogP contribution in [0.1, 0.15) is 94.7 Å². The van der Waals surface area contributed by atoms with Crippen LogP contribution in [0.3, 0.4) is 0 Å². The van der Waals surface area contributed by atoms with Gasteiger partial charge in [0.1, 0.15) is 112 Å². The van der Waals surface area contributed by atoms with Gasteiger partial charge in [0.05, 0.1) is 0 Å². The first-order valence-corrected chi connectivity index (χ1v) is 32.1. The zero-order chi connectivity index (χ0) is 75.6. The molecule has 105 heavy (non-hydrogen) atoms. The monoisotopic (exact) mass is 1440 g/mol. The minimum absolute atomic E-state index is 0.0118. The minimum Gasteiger partial charge on any atom is -0.508 e. The van der Waals surface area contributed by atoms with Gasteiger partial charge in [-0.05, 0) is 153 Å². The van der Waals surface area contributed by atoms with Gasteiger partial charge in [-0.15, -0.1) is 0 Å². The summed E-state index contributed by atoms with van der Waals surface area (Å²) in [6, 6.07) is 11.8. The lowest BCUT2D eigenvalue weighted by atomic mass is 9.95. The third-order valence-corrected chi connectivity index (χ3v) is 17.3. The highest BCUT2D eigenvalue weighted by Gasteiger charge is 2.40. The summed E-state index contributed by atoms with van der Waals surface area (Å²) in [6.45, 7) is 3.00. The Labute approximate surface area is 593 Å². The van der Waals surface area contributed by atoms with Crippen molar-refractivity contribution < 1.29 is 109 Å². The molecule has 3 aliphatic rings. The summed E-state index contributed by atoms with van der Waals surface area (Å²) < 4.78 is 6.35. The number of amides is 8. The van der Waals surface area contributed by atoms with E-state index in [4.69, 9.17) is 10.5 Å². The van der Waals surface area contributed by atoms with Crippen molar-refractivity contribution in [3.63, 3.8) is 0 Å². The molecule has 8 bridgehead atoms. The molecule has 0 saturated heterocycles. The molecule has 4 heterocycles. The van der Waals surface area contributed by atoms with Gasteiger partial charge in [0.15, 0.2) is 17.5 Å². The number of aromatic amines is 1. The number of aliphatic carboxylic acids is 1. The average Bonchev–Trinajstić information content (AvgIpc) is 1.76. The number of aromatic nitrogens is 1. The number of hydrogen-bond acceptors (Lipinski definition) is 22. The van der Waals surface area contributed by atoms with E-state index < -0.39 is 190 Å². The summed E-state index contributed by atoms with van der Waals surface area (Å²) in [5, 5.41) is 149. The van der Waals surface area contributed by atoms with E-state index in [0.717, 1.165) is 97.1 Å². The minimum atomic E-state index is -2.16. The molecule has 3 aliphatic heterocycles. The number of carboxylic acids is 1. The average molecular weight is 1440 g/mol. The maximum absolute atomic E-state index is 15.8. The SMILES string of the molecule is CC(C)C(NC(=O)C(NC(=O)C(N)c1cc(O)cc(O)c1)c1cc(O)cc(O)c1)C(=O)NC1Cc2cc3ccc(cc3[nH]2)-c2cc3cc(c2O)Oc2ccc(cc2)CC(C(=O)NC(C(=O)O)c2cc(O)cc(O)c2)NC(=O)C(c2cc(O)cc(O)c2)NC(=O)C3NC(=O)C(c2cc(O)cc(O)c2)NC1=O. The normalized spacial score (nSPS) is 18.0. The Morgan fingerprint density at radius 1 is 0.476 bits per heavy atom. The van der Waals surface area contributed by atoms with Gasteiger partial charge in [-0.25, -0.2) is 4.79 Å². The van der Waals surface area contributed by atoms with Crippen LogP contribution in [0.15, 0.2) is 152 Å². The van der Waals surface area contributed by atoms with Gasteiger partial charge in [-0.2, -0.15) is 0 Å². The van der Waals surface area contributed by atoms with Gasteiger partial charge in [-0.3, -0.25) is 38.4 Å². The Morgan fingerprint density at radius 2 is 0.943 bits per heavy atom. The molecule has 9 unspecified atom stereocenters. The number of phenols is 11. The molecule has 0 fully saturated rings. The maximum Gasteiger partial charge on any atom is 0.330 e. The second-order valence-corrected chi connectivity index (χ2v) is 25.5. The third-order valence-electron chi connectivity index (χ3n) is 17.3. The van der Waals surface area contributed by atoms with Gasteiger partial charge in [-0.1, -0.05) is 38.1 Å². The Morgan fingerprint density at radius 3 is 1.45 bits per heavy atom. The molecule has 32 nitrogen and oxygen atoms in total. The molecular weight excluding hydrogens is 1370 g/mol. The van der Waals surface area contributed by atoms with Gasteiger partial charge in [0, 0.05) is 59.9 Å². The first-order valence-electron chi connectivity index (χ1n) is 32.1. The number of phenolic OH excluding ortho intramolecular Hbond substituents is 11. The number of ether oxygens (including phenoxy) is 1. The number of fused-ring (bicyclic) bond motifs is 12. The lowest BCUT2D eigenvalue weighted by Gasteiger charge is -2.30. The molecule has 0 radical (unpaired) electrons. The van der Waals surface area contributed by atoms with Crippen molar-refractivity contribution >= 4 is 64.1 Å². The number of hydrogen-bond donors (Lipinski definition) is 22. The Balaban J connectivity index is 1.000. The highest BCUT2D eigenvalue weighted by atomic mass is 16.5. The number of rotatable bonds is 15. The van der Waals surface area contributed by atoms with Crippen LogP contribution in [0, 0.1) is 5.92 Å². The van der Waals surface area contributed by atoms with Crippen LogP contribution < -0.4 is 53.0 Å². The number of nitrogens with two attached hydrogens (primary N) is 1. The molecule has 0 spiro atoms. The number of benzene rings is 8. The van der Waals surface area contributed by atoms with Crippen LogP contribution in [0.4, 0.5) is 0 Å². The fraction of sp³-hybridized carbons (Fsp3) is 0.192. The maximum atomic E-state index is 15.8. The van der Waals surface area contributed by atoms with Crippen molar-refractivity contribution in [3.8, 4) is 85.9 Å². The Bertz CT molecular complexity index is 4890. The van der Waals surface area contributed by atoms with E-state index >= 15 is 24.0 Å². The van der Waals surface area contributed by atoms with Crippen LogP contribution >= 0.6 is 0 Å². The number of H-pyrrole nitrogens is 1. The number of carbonyl (C=O) groups excluding carboxylic acids is 8. The highest BCUT2D eigenvalue weighted by molar-refractivity contribution is 6.00. The third kappa shape index (κ3) is 16.6. The topological polar surface area (TPSA) is 544 Å². The van der Waals surface area contributed by atoms with Crippen molar-refractivity contribution in [2.45, 2.75) is 81.1 Å². The molecule has 9 aromatic rings. The molecule has 32 heteroatoms. The molecule has 542 valence electrons. The zero-order valence-electron chi connectivity index (χ0n) is 55.1. The van der Waals surface area contributed by atoms with Gasteiger partial charge in [0.2, 0.25) is 47.3 Å². The van der Waals surface area contributed by atoms with Crippen LogP contribution in [-0.2, 0) is 56.0 Å². The van der Waals surface area contributed by atoms with E-state index in [9.17, 15) is 80.5 Å². The van der Waals surface area contributed by atoms with Crippen molar-refractivity contribution in [2.24, 2.45) is 11.7 Å². The van der Waals surface area contributed by atoms with Crippen LogP contribution in [0.25, 0.3) is 22.0 Å². The van der Waals surface area contributed by atoms with Crippen molar-refractivity contribution in [2.75, 3.05) is 0 Å². The summed E-state index contributed by atoms with van der Waals surface area (Å²) in [4.78, 5) is 136. The molecule has 8 amide bonds. The number of carboxylic acid groups (broad SMARTS) is 1. The van der Waals surface area contributed by atoms with Crippen molar-refractivity contribution in [1.82, 2.24) is 47.5 Å². The lowest BCUT2D eigenvalue weighted by molar-refractivity contribution is -0.142. The highest BCUT2D eigenvalue weighted by Crippen LogP contribution is 2.44. The van der Waals surface area contributed by atoms with E-state index in [1.54, 1.807) is 24.3 Å². The van der Waals surface area contributed by atoms with Crippen molar-refractivity contribution in [1.29, 1.82) is 0 Å². The zero-order valence-corrected chi connectivity index (χ0v) is 55.1. The van der Waals surface area contributed by atoms with Gasteiger partial charge >= 0.3 is 5.97 Å². The Hall–Kier alpha value is -13.9. The molecule has 12 rings (SSSR count). The smallest absolute Gasteiger partial charge is 0.330 e. The summed E-state index contributed by atoms with van der Waals surface area (Å²) in [5.74, 6) is -19.0. The summed E-state index contributed by atoms with van der Waals surface area (Å²) in [6.07, 6.45) is -0.917. The fourth-order valence-electron chi connectivity index (χ4n) is 12.3. The van der Waals surface area contributed by atoms with E-state index in [1.165, 1.54) is 44.2 Å². The number of carbonyl (C=O) groups is 9. The predicted molar refractivity (Wildman–Crippen MR) is 368 cm³/mol. The van der Waals surface area contributed by atoms with Crippen LogP contribution in [-0.4, -0.2) is 138 Å². The molecule has 8 aromatic carbocycles. The Kier molecular flexibility index (Phi) is 20.5. The van der Waals surface area contributed by atoms with Gasteiger partial charge in [0.25, 0.3) is 0 Å². The first kappa shape index (κ1) is 72.3. The van der Waals surface area contributed by atoms with Crippen molar-refractivity contribution in [3.05, 3.63) is 196 Å². The fourth-order valence-corrected chi connectivity index (χ4v) is 12.3. The second kappa shape index (κ2) is 29.7. The molecule has 0 saturated carbocycles. The summed E-state index contributed by atoms with van der Waals surface area (Å²) in [5.41, 5.74) is 5.62. The molecular formula is C73H68N10O22. The van der Waals surface area contributed by atoms with Crippen LogP contribution in [0.5, 0.6) is 74.7 Å². The second-order valence-electron chi connectivity index (χ2n) is 25.5. The largest absolute Gasteiger partial charge is 0.508 e. The van der Waals surface area contributed by atoms with Gasteiger partial charge < -0.3 is 119 Å². The molecule has 23 N–H and O–H groups in total. The lowest BCUT2D eigenvalue weighted by Crippen LogP contribution is -2.58. The standard InChI is InChI=1S/C73H68N10O22/c1-30(2)58(78-70(100)61(37-17-47(90)28-48(91)18-37)80-67(97)57(74)34-11-41(84)25-42(85)12-34)68(98)77-55-24-40-10-33-6-5-32(22-53(33)75-40)52-21-39-23-56(64(52)94)105-51-7-3-31(4-8-51)9-54(65(95)83-63(73(103)104)38-19-49(92)29-50(93)20-38)76-69(99)59(35-13-43(86)26-44(87)14-35)81-72(102)62(39)82-71(101)60(79-66(55)96)36-15-45(88)27-46(89)16-36/h3-8,10-23,25-30,54-55,57-63,75,84-94H,9,24,74H2,1-2H3,(H,76,99)(H,77,98)(H,78,100)(H,79,96)(H,80,97)(H,81,102)(H,82,101)(H,83,95)(H,103,104).